The van der Waals surface area contributed by atoms with E-state index in [-0.39, 0.29) is 16.5 Å². The summed E-state index contributed by atoms with van der Waals surface area (Å²) < 4.78 is 5.04. The van der Waals surface area contributed by atoms with Crippen LogP contribution in [0.15, 0.2) is 35.8 Å². The van der Waals surface area contributed by atoms with Crippen molar-refractivity contribution in [3.8, 4) is 10.6 Å². The fourth-order valence-corrected chi connectivity index (χ4v) is 3.59. The van der Waals surface area contributed by atoms with E-state index in [1.807, 2.05) is 24.3 Å². The molecule has 9 heteroatoms. The van der Waals surface area contributed by atoms with Gasteiger partial charge < -0.3 is 10.1 Å². The third-order valence-electron chi connectivity index (χ3n) is 4.12. The van der Waals surface area contributed by atoms with Crippen molar-refractivity contribution in [2.24, 2.45) is 0 Å². The van der Waals surface area contributed by atoms with Crippen molar-refractivity contribution in [3.63, 3.8) is 0 Å². The van der Waals surface area contributed by atoms with Gasteiger partial charge in [0.1, 0.15) is 5.01 Å². The fraction of sp³-hybridized carbons (Fsp3) is 0.200. The van der Waals surface area contributed by atoms with Gasteiger partial charge in [-0.05, 0) is 24.5 Å². The molecule has 3 aromatic rings. The van der Waals surface area contributed by atoms with Crippen molar-refractivity contribution >= 4 is 52.2 Å². The number of halogens is 2. The van der Waals surface area contributed by atoms with E-state index in [2.05, 4.69) is 22.2 Å². The molecule has 6 nitrogen and oxygen atoms in total. The van der Waals surface area contributed by atoms with Crippen LogP contribution in [0.3, 0.4) is 0 Å². The Labute approximate surface area is 181 Å². The number of hydrogen-bond donors (Lipinski definition) is 1. The highest BCUT2D eigenvalue weighted by molar-refractivity contribution is 7.13. The molecular weight excluding hydrogens is 433 g/mol. The number of nitrogens with zero attached hydrogens (tertiary/aromatic N) is 2. The Balaban J connectivity index is 1.59. The molecule has 3 rings (SSSR count). The molecule has 150 valence electrons. The predicted octanol–water partition coefficient (Wildman–Crippen LogP) is 5.18. The zero-order chi connectivity index (χ0) is 21.0. The van der Waals surface area contributed by atoms with Gasteiger partial charge in [-0.3, -0.25) is 4.79 Å². The molecule has 0 saturated heterocycles. The fourth-order valence-electron chi connectivity index (χ4n) is 2.40. The van der Waals surface area contributed by atoms with Crippen molar-refractivity contribution in [2.45, 2.75) is 20.3 Å². The number of benzene rings is 1. The van der Waals surface area contributed by atoms with Crippen molar-refractivity contribution < 1.29 is 14.3 Å². The second-order valence-corrected chi connectivity index (χ2v) is 7.75. The number of ether oxygens (including phenoxy) is 1. The number of rotatable bonds is 6. The van der Waals surface area contributed by atoms with Gasteiger partial charge in [0.2, 0.25) is 0 Å². The Morgan fingerprint density at radius 3 is 2.62 bits per heavy atom. The lowest BCUT2D eigenvalue weighted by Crippen LogP contribution is -2.22. The van der Waals surface area contributed by atoms with Crippen LogP contribution in [0.25, 0.3) is 10.6 Å². The third-order valence-corrected chi connectivity index (χ3v) is 5.85. The summed E-state index contributed by atoms with van der Waals surface area (Å²) in [4.78, 5) is 32.5. The molecule has 0 radical (unpaired) electrons. The van der Waals surface area contributed by atoms with Crippen LogP contribution in [0.4, 0.5) is 5.82 Å². The maximum Gasteiger partial charge on any atom is 0.358 e. The third kappa shape index (κ3) is 5.12. The molecule has 0 unspecified atom stereocenters. The Morgan fingerprint density at radius 2 is 1.93 bits per heavy atom. The van der Waals surface area contributed by atoms with Crippen LogP contribution in [-0.2, 0) is 16.0 Å². The minimum absolute atomic E-state index is 0.149. The number of anilines is 1. The number of aryl methyl sites for hydroxylation is 1. The molecule has 0 aliphatic carbocycles. The first-order chi connectivity index (χ1) is 13.9. The molecule has 29 heavy (non-hydrogen) atoms. The van der Waals surface area contributed by atoms with Gasteiger partial charge in [0.25, 0.3) is 5.91 Å². The summed E-state index contributed by atoms with van der Waals surface area (Å²) in [5, 5.41) is 5.42. The first-order valence-electron chi connectivity index (χ1n) is 8.71. The SMILES string of the molecule is CCc1ccc(-c2nc(C(=O)OCC(=O)Nc3ncc(Cl)c(C)c3Cl)cs2)cc1. The second kappa shape index (κ2) is 9.35. The first kappa shape index (κ1) is 21.2. The quantitative estimate of drug-likeness (QED) is 0.524. The predicted molar refractivity (Wildman–Crippen MR) is 115 cm³/mol. The molecule has 1 N–H and O–H groups in total. The number of carbonyl (C=O) groups excluding carboxylic acids is 2. The molecule has 0 spiro atoms. The number of hydrogen-bond acceptors (Lipinski definition) is 6. The number of esters is 1. The summed E-state index contributed by atoms with van der Waals surface area (Å²) >= 11 is 13.4. The smallest absolute Gasteiger partial charge is 0.358 e. The summed E-state index contributed by atoms with van der Waals surface area (Å²) in [7, 11) is 0. The van der Waals surface area contributed by atoms with Crippen molar-refractivity contribution in [2.75, 3.05) is 11.9 Å². The number of amides is 1. The van der Waals surface area contributed by atoms with Crippen LogP contribution in [0.1, 0.15) is 28.5 Å². The summed E-state index contributed by atoms with van der Waals surface area (Å²) in [5.41, 5.74) is 2.89. The highest BCUT2D eigenvalue weighted by Crippen LogP contribution is 2.28. The maximum atomic E-state index is 12.2. The first-order valence-corrected chi connectivity index (χ1v) is 10.3. The number of aromatic nitrogens is 2. The summed E-state index contributed by atoms with van der Waals surface area (Å²) in [5.74, 6) is -1.10. The molecular formula is C20H17Cl2N3O3S. The minimum atomic E-state index is -0.681. The molecule has 0 aliphatic heterocycles. The van der Waals surface area contributed by atoms with Crippen LogP contribution >= 0.6 is 34.5 Å². The van der Waals surface area contributed by atoms with E-state index in [1.165, 1.54) is 23.1 Å². The van der Waals surface area contributed by atoms with Crippen molar-refractivity contribution in [1.29, 1.82) is 0 Å². The van der Waals surface area contributed by atoms with E-state index in [0.29, 0.717) is 15.6 Å². The molecule has 1 aromatic carbocycles. The van der Waals surface area contributed by atoms with Crippen LogP contribution in [0.5, 0.6) is 0 Å². The average molecular weight is 450 g/mol. The molecule has 2 aromatic heterocycles. The molecule has 2 heterocycles. The van der Waals surface area contributed by atoms with Crippen molar-refractivity contribution in [3.05, 3.63) is 62.7 Å². The lowest BCUT2D eigenvalue weighted by molar-refractivity contribution is -0.119. The maximum absolute atomic E-state index is 12.2. The van der Waals surface area contributed by atoms with E-state index in [4.69, 9.17) is 27.9 Å². The van der Waals surface area contributed by atoms with E-state index >= 15 is 0 Å². The minimum Gasteiger partial charge on any atom is -0.451 e. The van der Waals surface area contributed by atoms with Crippen molar-refractivity contribution in [1.82, 2.24) is 9.97 Å². The summed E-state index contributed by atoms with van der Waals surface area (Å²) in [6.45, 7) is 3.30. The zero-order valence-electron chi connectivity index (χ0n) is 15.7. The normalized spacial score (nSPS) is 10.6. The number of thiazole rings is 1. The van der Waals surface area contributed by atoms with Crippen LogP contribution in [-0.4, -0.2) is 28.5 Å². The Morgan fingerprint density at radius 1 is 1.21 bits per heavy atom. The monoisotopic (exact) mass is 449 g/mol. The molecule has 0 bridgehead atoms. The Bertz CT molecular complexity index is 1050. The molecule has 0 aliphatic rings. The molecule has 0 atom stereocenters. The topological polar surface area (TPSA) is 81.2 Å². The van der Waals surface area contributed by atoms with Crippen LogP contribution < -0.4 is 5.32 Å². The molecule has 0 fully saturated rings. The van der Waals surface area contributed by atoms with E-state index in [0.717, 1.165) is 12.0 Å². The summed E-state index contributed by atoms with van der Waals surface area (Å²) in [6, 6.07) is 7.98. The highest BCUT2D eigenvalue weighted by Gasteiger charge is 2.16. The van der Waals surface area contributed by atoms with Gasteiger partial charge in [0.05, 0.1) is 10.0 Å². The van der Waals surface area contributed by atoms with Crippen LogP contribution in [0.2, 0.25) is 10.0 Å². The van der Waals surface area contributed by atoms with Gasteiger partial charge in [-0.15, -0.1) is 11.3 Å². The van der Waals surface area contributed by atoms with Gasteiger partial charge >= 0.3 is 5.97 Å². The number of carbonyl (C=O) groups is 2. The molecule has 0 saturated carbocycles. The number of pyridine rings is 1. The highest BCUT2D eigenvalue weighted by atomic mass is 35.5. The largest absolute Gasteiger partial charge is 0.451 e. The van der Waals surface area contributed by atoms with Gasteiger partial charge in [0, 0.05) is 17.1 Å². The van der Waals surface area contributed by atoms with Crippen LogP contribution in [0, 0.1) is 6.92 Å². The Kier molecular flexibility index (Phi) is 6.84. The second-order valence-electron chi connectivity index (χ2n) is 6.11. The average Bonchev–Trinajstić information content (AvgIpc) is 3.23. The van der Waals surface area contributed by atoms with Gasteiger partial charge in [0.15, 0.2) is 18.1 Å². The van der Waals surface area contributed by atoms with E-state index in [1.54, 1.807) is 12.3 Å². The number of nitrogens with one attached hydrogen (secondary N) is 1. The van der Waals surface area contributed by atoms with Gasteiger partial charge in [-0.1, -0.05) is 54.4 Å². The molecule has 1 amide bonds. The van der Waals surface area contributed by atoms with Gasteiger partial charge in [-0.25, -0.2) is 14.8 Å². The lowest BCUT2D eigenvalue weighted by atomic mass is 10.1. The lowest BCUT2D eigenvalue weighted by Gasteiger charge is -2.09. The summed E-state index contributed by atoms with van der Waals surface area (Å²) in [6.07, 6.45) is 2.34. The zero-order valence-corrected chi connectivity index (χ0v) is 18.0. The Hall–Kier alpha value is -2.48. The van der Waals surface area contributed by atoms with E-state index in [9.17, 15) is 9.59 Å². The van der Waals surface area contributed by atoms with E-state index < -0.39 is 18.5 Å². The standard InChI is InChI=1S/C20H17Cl2N3O3S/c1-3-12-4-6-13(7-5-12)19-24-15(10-29-19)20(27)28-9-16(26)25-18-17(22)11(2)14(21)8-23-18/h4-8,10H,3,9H2,1-2H3,(H,23,25,26). The van der Waals surface area contributed by atoms with Gasteiger partial charge in [-0.2, -0.15) is 0 Å².